The van der Waals surface area contributed by atoms with Gasteiger partial charge in [0.1, 0.15) is 0 Å². The highest BCUT2D eigenvalue weighted by Gasteiger charge is 2.17. The molecule has 0 aliphatic heterocycles. The molecule has 0 saturated carbocycles. The summed E-state index contributed by atoms with van der Waals surface area (Å²) < 4.78 is 0. The molecule has 108 valence electrons. The highest BCUT2D eigenvalue weighted by molar-refractivity contribution is 6.10. The lowest BCUT2D eigenvalue weighted by molar-refractivity contribution is 0.103. The Hall–Kier alpha value is -2.67. The van der Waals surface area contributed by atoms with Gasteiger partial charge in [-0.2, -0.15) is 0 Å². The zero-order chi connectivity index (χ0) is 15.4. The zero-order valence-electron chi connectivity index (χ0n) is 12.6. The zero-order valence-corrected chi connectivity index (χ0v) is 12.6. The molecule has 0 spiro atoms. The molecule has 0 saturated heterocycles. The van der Waals surface area contributed by atoms with Gasteiger partial charge in [-0.1, -0.05) is 91.9 Å². The van der Waals surface area contributed by atoms with E-state index < -0.39 is 0 Å². The van der Waals surface area contributed by atoms with Crippen LogP contribution in [0.25, 0.3) is 0 Å². The van der Waals surface area contributed by atoms with Crippen molar-refractivity contribution in [3.8, 4) is 0 Å². The van der Waals surface area contributed by atoms with Crippen molar-refractivity contribution in [3.63, 3.8) is 0 Å². The molecule has 0 bridgehead atoms. The number of hydrogen-bond acceptors (Lipinski definition) is 1. The van der Waals surface area contributed by atoms with Crippen LogP contribution >= 0.6 is 0 Å². The van der Waals surface area contributed by atoms with Gasteiger partial charge in [-0.3, -0.25) is 4.79 Å². The predicted molar refractivity (Wildman–Crippen MR) is 90.3 cm³/mol. The van der Waals surface area contributed by atoms with Gasteiger partial charge < -0.3 is 0 Å². The second-order valence-electron chi connectivity index (χ2n) is 5.41. The van der Waals surface area contributed by atoms with E-state index in [0.29, 0.717) is 0 Å². The van der Waals surface area contributed by atoms with Gasteiger partial charge in [0, 0.05) is 17.0 Å². The summed E-state index contributed by atoms with van der Waals surface area (Å²) in [5.74, 6) is 0.268. The molecule has 0 aliphatic rings. The van der Waals surface area contributed by atoms with Crippen molar-refractivity contribution in [1.29, 1.82) is 0 Å². The summed E-state index contributed by atoms with van der Waals surface area (Å²) in [5.41, 5.74) is 3.80. The summed E-state index contributed by atoms with van der Waals surface area (Å²) in [6.07, 6.45) is 0. The fourth-order valence-electron chi connectivity index (χ4n) is 2.75. The first-order valence-electron chi connectivity index (χ1n) is 7.51. The molecule has 3 aromatic rings. The van der Waals surface area contributed by atoms with E-state index >= 15 is 0 Å². The topological polar surface area (TPSA) is 17.1 Å². The van der Waals surface area contributed by atoms with Crippen LogP contribution in [0.5, 0.6) is 0 Å². The molecule has 3 rings (SSSR count). The van der Waals surface area contributed by atoms with Gasteiger partial charge in [-0.15, -0.1) is 0 Å². The number of ketones is 1. The number of carbonyl (C=O) groups excluding carboxylic acids is 1. The third-order valence-corrected chi connectivity index (χ3v) is 4.01. The number of rotatable bonds is 4. The molecule has 0 aliphatic carbocycles. The quantitative estimate of drug-likeness (QED) is 0.612. The fraction of sp³-hybridized carbons (Fsp3) is 0.0952. The van der Waals surface area contributed by atoms with Crippen LogP contribution in [0.3, 0.4) is 0 Å². The normalized spacial score (nSPS) is 11.9. The number of carbonyl (C=O) groups is 1. The third kappa shape index (κ3) is 2.84. The number of benzene rings is 3. The maximum Gasteiger partial charge on any atom is 0.193 e. The van der Waals surface area contributed by atoms with Gasteiger partial charge in [0.2, 0.25) is 0 Å². The Balaban J connectivity index is 2.02. The monoisotopic (exact) mass is 286 g/mol. The average molecular weight is 286 g/mol. The van der Waals surface area contributed by atoms with Crippen LogP contribution in [0.4, 0.5) is 0 Å². The Labute approximate surface area is 131 Å². The molecule has 0 amide bonds. The molecule has 1 heteroatoms. The van der Waals surface area contributed by atoms with E-state index in [0.717, 1.165) is 16.7 Å². The maximum absolute atomic E-state index is 12.8. The summed E-state index contributed by atoms with van der Waals surface area (Å²) in [6.45, 7) is 2.15. The van der Waals surface area contributed by atoms with Crippen LogP contribution in [0.1, 0.15) is 39.9 Å². The van der Waals surface area contributed by atoms with Gasteiger partial charge in [-0.05, 0) is 11.1 Å². The Morgan fingerprint density at radius 3 is 1.95 bits per heavy atom. The van der Waals surface area contributed by atoms with Crippen LogP contribution in [-0.2, 0) is 0 Å². The fourth-order valence-corrected chi connectivity index (χ4v) is 2.75. The van der Waals surface area contributed by atoms with Crippen molar-refractivity contribution >= 4 is 5.78 Å². The molecule has 0 N–H and O–H groups in total. The van der Waals surface area contributed by atoms with Crippen LogP contribution in [-0.4, -0.2) is 5.78 Å². The van der Waals surface area contributed by atoms with Crippen LogP contribution in [0.2, 0.25) is 0 Å². The van der Waals surface area contributed by atoms with Gasteiger partial charge in [0.15, 0.2) is 5.78 Å². The van der Waals surface area contributed by atoms with E-state index in [9.17, 15) is 4.79 Å². The van der Waals surface area contributed by atoms with Crippen molar-refractivity contribution in [3.05, 3.63) is 107 Å². The van der Waals surface area contributed by atoms with E-state index in [2.05, 4.69) is 19.1 Å². The van der Waals surface area contributed by atoms with Crippen molar-refractivity contribution < 1.29 is 4.79 Å². The van der Waals surface area contributed by atoms with Gasteiger partial charge in [0.05, 0.1) is 0 Å². The van der Waals surface area contributed by atoms with Gasteiger partial charge in [0.25, 0.3) is 0 Å². The predicted octanol–water partition coefficient (Wildman–Crippen LogP) is 5.07. The van der Waals surface area contributed by atoms with E-state index in [1.54, 1.807) is 0 Å². The first-order valence-corrected chi connectivity index (χ1v) is 7.51. The Kier molecular flexibility index (Phi) is 4.15. The van der Waals surface area contributed by atoms with Crippen molar-refractivity contribution in [2.24, 2.45) is 0 Å². The van der Waals surface area contributed by atoms with Crippen molar-refractivity contribution in [2.45, 2.75) is 12.8 Å². The lowest BCUT2D eigenvalue weighted by Crippen LogP contribution is -2.08. The smallest absolute Gasteiger partial charge is 0.193 e. The SMILES string of the molecule is CC(c1ccccc1)c1ccccc1C(=O)c1ccccc1. The summed E-state index contributed by atoms with van der Waals surface area (Å²) in [4.78, 5) is 12.8. The minimum Gasteiger partial charge on any atom is -0.289 e. The largest absolute Gasteiger partial charge is 0.289 e. The third-order valence-electron chi connectivity index (χ3n) is 4.01. The van der Waals surface area contributed by atoms with Crippen molar-refractivity contribution in [1.82, 2.24) is 0 Å². The molecule has 0 radical (unpaired) electrons. The molecule has 0 aromatic heterocycles. The molecule has 1 unspecified atom stereocenters. The molecular weight excluding hydrogens is 268 g/mol. The molecule has 1 atom stereocenters. The lowest BCUT2D eigenvalue weighted by Gasteiger charge is -2.16. The Morgan fingerprint density at radius 1 is 0.727 bits per heavy atom. The molecule has 3 aromatic carbocycles. The van der Waals surface area contributed by atoms with E-state index in [4.69, 9.17) is 0 Å². The summed E-state index contributed by atoms with van der Waals surface area (Å²) in [5, 5.41) is 0. The second-order valence-corrected chi connectivity index (χ2v) is 5.41. The summed E-state index contributed by atoms with van der Waals surface area (Å²) in [7, 11) is 0. The minimum atomic E-state index is 0.0824. The van der Waals surface area contributed by atoms with E-state index in [1.165, 1.54) is 5.56 Å². The lowest BCUT2D eigenvalue weighted by atomic mass is 9.87. The van der Waals surface area contributed by atoms with Gasteiger partial charge >= 0.3 is 0 Å². The summed E-state index contributed by atoms with van der Waals surface area (Å²) >= 11 is 0. The highest BCUT2D eigenvalue weighted by Crippen LogP contribution is 2.28. The average Bonchev–Trinajstić information content (AvgIpc) is 2.62. The van der Waals surface area contributed by atoms with Crippen molar-refractivity contribution in [2.75, 3.05) is 0 Å². The second kappa shape index (κ2) is 6.40. The molecule has 0 heterocycles. The molecular formula is C21H18O. The first kappa shape index (κ1) is 14.3. The first-order chi connectivity index (χ1) is 10.8. The van der Waals surface area contributed by atoms with E-state index in [-0.39, 0.29) is 11.7 Å². The van der Waals surface area contributed by atoms with Crippen LogP contribution in [0, 0.1) is 0 Å². The molecule has 22 heavy (non-hydrogen) atoms. The Bertz CT molecular complexity index is 760. The Morgan fingerprint density at radius 2 is 1.27 bits per heavy atom. The number of hydrogen-bond donors (Lipinski definition) is 0. The van der Waals surface area contributed by atoms with Crippen LogP contribution in [0.15, 0.2) is 84.9 Å². The minimum absolute atomic E-state index is 0.0824. The van der Waals surface area contributed by atoms with Crippen LogP contribution < -0.4 is 0 Å². The summed E-state index contributed by atoms with van der Waals surface area (Å²) in [6, 6.07) is 27.6. The van der Waals surface area contributed by atoms with E-state index in [1.807, 2.05) is 72.8 Å². The standard InChI is InChI=1S/C21H18O/c1-16(17-10-4-2-5-11-17)19-14-8-9-15-20(19)21(22)18-12-6-3-7-13-18/h2-16H,1H3. The van der Waals surface area contributed by atoms with Gasteiger partial charge in [-0.25, -0.2) is 0 Å². The molecule has 1 nitrogen and oxygen atoms in total. The maximum atomic E-state index is 12.8. The highest BCUT2D eigenvalue weighted by atomic mass is 16.1. The molecule has 0 fully saturated rings.